The SMILES string of the molecule is Cc1cc(OCCOc2cccc(C=NO)c2)cc(C)c1Cl. The van der Waals surface area contributed by atoms with Gasteiger partial charge in [0, 0.05) is 5.02 Å². The predicted molar refractivity (Wildman–Crippen MR) is 87.7 cm³/mol. The Bertz CT molecular complexity index is 648. The van der Waals surface area contributed by atoms with Crippen molar-refractivity contribution < 1.29 is 14.7 Å². The van der Waals surface area contributed by atoms with E-state index in [1.54, 1.807) is 6.07 Å². The lowest BCUT2D eigenvalue weighted by Gasteiger charge is -2.11. The van der Waals surface area contributed by atoms with E-state index in [0.29, 0.717) is 19.0 Å². The van der Waals surface area contributed by atoms with Crippen LogP contribution in [0.1, 0.15) is 16.7 Å². The maximum absolute atomic E-state index is 8.51. The molecule has 1 N–H and O–H groups in total. The van der Waals surface area contributed by atoms with Gasteiger partial charge in [-0.15, -0.1) is 0 Å². The normalized spacial score (nSPS) is 10.9. The quantitative estimate of drug-likeness (QED) is 0.375. The molecule has 0 saturated heterocycles. The fourth-order valence-electron chi connectivity index (χ4n) is 2.06. The van der Waals surface area contributed by atoms with Gasteiger partial charge in [0.15, 0.2) is 0 Å². The third-order valence-corrected chi connectivity index (χ3v) is 3.69. The van der Waals surface area contributed by atoms with E-state index < -0.39 is 0 Å². The Hall–Kier alpha value is -2.20. The zero-order chi connectivity index (χ0) is 15.9. The molecule has 22 heavy (non-hydrogen) atoms. The highest BCUT2D eigenvalue weighted by Gasteiger charge is 2.03. The van der Waals surface area contributed by atoms with Gasteiger partial charge < -0.3 is 14.7 Å². The van der Waals surface area contributed by atoms with Crippen molar-refractivity contribution in [1.82, 2.24) is 0 Å². The van der Waals surface area contributed by atoms with Crippen LogP contribution >= 0.6 is 11.6 Å². The number of hydrogen-bond donors (Lipinski definition) is 1. The van der Waals surface area contributed by atoms with Crippen LogP contribution in [0.3, 0.4) is 0 Å². The smallest absolute Gasteiger partial charge is 0.122 e. The molecule has 0 radical (unpaired) electrons. The van der Waals surface area contributed by atoms with Gasteiger partial charge in [0.2, 0.25) is 0 Å². The van der Waals surface area contributed by atoms with Gasteiger partial charge in [-0.05, 0) is 54.8 Å². The average molecular weight is 320 g/mol. The molecule has 2 rings (SSSR count). The van der Waals surface area contributed by atoms with Gasteiger partial charge in [-0.1, -0.05) is 28.9 Å². The lowest BCUT2D eigenvalue weighted by atomic mass is 10.1. The first-order valence-electron chi connectivity index (χ1n) is 6.90. The van der Waals surface area contributed by atoms with Gasteiger partial charge in [0.25, 0.3) is 0 Å². The first kappa shape index (κ1) is 16.2. The molecule has 2 aromatic rings. The van der Waals surface area contributed by atoms with Crippen LogP contribution in [-0.2, 0) is 0 Å². The number of rotatable bonds is 6. The Balaban J connectivity index is 1.86. The number of halogens is 1. The van der Waals surface area contributed by atoms with E-state index in [0.717, 1.165) is 27.5 Å². The van der Waals surface area contributed by atoms with Gasteiger partial charge in [0.1, 0.15) is 24.7 Å². The second kappa shape index (κ2) is 7.71. The van der Waals surface area contributed by atoms with Gasteiger partial charge >= 0.3 is 0 Å². The molecule has 0 fully saturated rings. The van der Waals surface area contributed by atoms with Crippen molar-refractivity contribution in [2.45, 2.75) is 13.8 Å². The molecule has 0 atom stereocenters. The van der Waals surface area contributed by atoms with Crippen molar-refractivity contribution in [3.8, 4) is 11.5 Å². The molecule has 0 aliphatic carbocycles. The summed E-state index contributed by atoms with van der Waals surface area (Å²) in [6, 6.07) is 11.1. The van der Waals surface area contributed by atoms with E-state index in [-0.39, 0.29) is 0 Å². The van der Waals surface area contributed by atoms with E-state index in [1.807, 2.05) is 44.2 Å². The minimum atomic E-state index is 0.417. The summed E-state index contributed by atoms with van der Waals surface area (Å²) in [5, 5.41) is 12.3. The number of ether oxygens (including phenoxy) is 2. The Morgan fingerprint density at radius 1 is 1.05 bits per heavy atom. The number of aryl methyl sites for hydroxylation is 2. The highest BCUT2D eigenvalue weighted by atomic mass is 35.5. The van der Waals surface area contributed by atoms with Crippen LogP contribution in [0, 0.1) is 13.8 Å². The summed E-state index contributed by atoms with van der Waals surface area (Å²) in [7, 11) is 0. The molecular weight excluding hydrogens is 302 g/mol. The molecule has 0 heterocycles. The Morgan fingerprint density at radius 2 is 1.68 bits per heavy atom. The number of nitrogens with zero attached hydrogens (tertiary/aromatic N) is 1. The van der Waals surface area contributed by atoms with E-state index in [2.05, 4.69) is 5.16 Å². The molecule has 4 nitrogen and oxygen atoms in total. The molecule has 0 saturated carbocycles. The zero-order valence-electron chi connectivity index (χ0n) is 12.5. The summed E-state index contributed by atoms with van der Waals surface area (Å²) in [6.45, 7) is 4.75. The molecule has 116 valence electrons. The van der Waals surface area contributed by atoms with E-state index >= 15 is 0 Å². The third-order valence-electron chi connectivity index (χ3n) is 3.10. The Labute approximate surface area is 134 Å². The topological polar surface area (TPSA) is 51.0 Å². The van der Waals surface area contributed by atoms with Crippen LogP contribution in [0.2, 0.25) is 5.02 Å². The van der Waals surface area contributed by atoms with Crippen molar-refractivity contribution in [3.63, 3.8) is 0 Å². The maximum Gasteiger partial charge on any atom is 0.122 e. The van der Waals surface area contributed by atoms with Gasteiger partial charge in [-0.3, -0.25) is 0 Å². The van der Waals surface area contributed by atoms with Gasteiger partial charge in [-0.25, -0.2) is 0 Å². The molecular formula is C17H18ClNO3. The van der Waals surface area contributed by atoms with Crippen LogP contribution < -0.4 is 9.47 Å². The lowest BCUT2D eigenvalue weighted by Crippen LogP contribution is -2.09. The molecule has 0 spiro atoms. The Morgan fingerprint density at radius 3 is 2.32 bits per heavy atom. The van der Waals surface area contributed by atoms with Crippen LogP contribution in [-0.4, -0.2) is 24.6 Å². The van der Waals surface area contributed by atoms with E-state index in [1.165, 1.54) is 6.21 Å². The minimum absolute atomic E-state index is 0.417. The molecule has 0 bridgehead atoms. The fraction of sp³-hybridized carbons (Fsp3) is 0.235. The van der Waals surface area contributed by atoms with Crippen LogP contribution in [0.4, 0.5) is 0 Å². The first-order chi connectivity index (χ1) is 10.6. The van der Waals surface area contributed by atoms with Crippen molar-refractivity contribution in [2.24, 2.45) is 5.16 Å². The largest absolute Gasteiger partial charge is 0.490 e. The number of hydrogen-bond acceptors (Lipinski definition) is 4. The van der Waals surface area contributed by atoms with Crippen molar-refractivity contribution in [1.29, 1.82) is 0 Å². The van der Waals surface area contributed by atoms with Crippen molar-refractivity contribution in [3.05, 3.63) is 58.1 Å². The first-order valence-corrected chi connectivity index (χ1v) is 7.28. The average Bonchev–Trinajstić information content (AvgIpc) is 2.50. The summed E-state index contributed by atoms with van der Waals surface area (Å²) in [5.41, 5.74) is 2.76. The third kappa shape index (κ3) is 4.40. The van der Waals surface area contributed by atoms with Crippen molar-refractivity contribution >= 4 is 17.8 Å². The number of oxime groups is 1. The van der Waals surface area contributed by atoms with Gasteiger partial charge in [0.05, 0.1) is 6.21 Å². The van der Waals surface area contributed by atoms with Crippen molar-refractivity contribution in [2.75, 3.05) is 13.2 Å². The highest BCUT2D eigenvalue weighted by Crippen LogP contribution is 2.25. The predicted octanol–water partition coefficient (Wildman–Crippen LogP) is 4.22. The van der Waals surface area contributed by atoms with Crippen LogP contribution in [0.25, 0.3) is 0 Å². The molecule has 0 aromatic heterocycles. The van der Waals surface area contributed by atoms with E-state index in [9.17, 15) is 0 Å². The lowest BCUT2D eigenvalue weighted by molar-refractivity contribution is 0.217. The second-order valence-corrected chi connectivity index (χ2v) is 5.26. The molecule has 0 aliphatic heterocycles. The molecule has 0 aliphatic rings. The monoisotopic (exact) mass is 319 g/mol. The Kier molecular flexibility index (Phi) is 5.67. The van der Waals surface area contributed by atoms with E-state index in [4.69, 9.17) is 26.3 Å². The second-order valence-electron chi connectivity index (χ2n) is 4.89. The summed E-state index contributed by atoms with van der Waals surface area (Å²) >= 11 is 6.12. The molecule has 2 aromatic carbocycles. The molecule has 5 heteroatoms. The summed E-state index contributed by atoms with van der Waals surface area (Å²) in [4.78, 5) is 0. The summed E-state index contributed by atoms with van der Waals surface area (Å²) in [6.07, 6.45) is 1.35. The maximum atomic E-state index is 8.51. The van der Waals surface area contributed by atoms with Crippen LogP contribution in [0.15, 0.2) is 41.6 Å². The number of benzene rings is 2. The van der Waals surface area contributed by atoms with Gasteiger partial charge in [-0.2, -0.15) is 0 Å². The molecule has 0 unspecified atom stereocenters. The van der Waals surface area contributed by atoms with Crippen LogP contribution in [0.5, 0.6) is 11.5 Å². The zero-order valence-corrected chi connectivity index (χ0v) is 13.3. The highest BCUT2D eigenvalue weighted by molar-refractivity contribution is 6.32. The minimum Gasteiger partial charge on any atom is -0.490 e. The summed E-state index contributed by atoms with van der Waals surface area (Å²) < 4.78 is 11.3. The molecule has 0 amide bonds. The standard InChI is InChI=1S/C17H18ClNO3/c1-12-8-16(9-13(2)17(12)18)22-7-6-21-15-5-3-4-14(10-15)11-19-20/h3-5,8-11,20H,6-7H2,1-2H3. The fourth-order valence-corrected chi connectivity index (χ4v) is 2.17. The summed E-state index contributed by atoms with van der Waals surface area (Å²) in [5.74, 6) is 1.48.